The van der Waals surface area contributed by atoms with Gasteiger partial charge in [0.15, 0.2) is 0 Å². The van der Waals surface area contributed by atoms with Crippen LogP contribution in [0.5, 0.6) is 5.75 Å². The SMILES string of the molecule is NCC1CCN(C(=O)Nc2ccc(OC(F)(F)F)cc2)C1. The number of alkyl halides is 3. The van der Waals surface area contributed by atoms with Gasteiger partial charge in [0.1, 0.15) is 5.75 Å². The van der Waals surface area contributed by atoms with E-state index in [0.717, 1.165) is 18.6 Å². The Kier molecular flexibility index (Phi) is 4.56. The first-order chi connectivity index (χ1) is 9.87. The number of carbonyl (C=O) groups is 1. The molecule has 0 bridgehead atoms. The molecule has 0 aliphatic carbocycles. The maximum atomic E-state index is 12.0. The average Bonchev–Trinajstić information content (AvgIpc) is 2.88. The number of halogens is 3. The Hall–Kier alpha value is -1.96. The summed E-state index contributed by atoms with van der Waals surface area (Å²) < 4.78 is 39.8. The van der Waals surface area contributed by atoms with Gasteiger partial charge in [-0.05, 0) is 43.1 Å². The number of likely N-dealkylation sites (tertiary alicyclic amines) is 1. The highest BCUT2D eigenvalue weighted by molar-refractivity contribution is 5.89. The number of nitrogens with two attached hydrogens (primary N) is 1. The number of nitrogens with zero attached hydrogens (tertiary/aromatic N) is 1. The van der Waals surface area contributed by atoms with Crippen molar-refractivity contribution in [3.63, 3.8) is 0 Å². The number of carbonyl (C=O) groups excluding carboxylic acids is 1. The fourth-order valence-corrected chi connectivity index (χ4v) is 2.15. The van der Waals surface area contributed by atoms with E-state index >= 15 is 0 Å². The van der Waals surface area contributed by atoms with Gasteiger partial charge in [-0.2, -0.15) is 0 Å². The van der Waals surface area contributed by atoms with Crippen LogP contribution in [0.2, 0.25) is 0 Å². The molecule has 1 heterocycles. The summed E-state index contributed by atoms with van der Waals surface area (Å²) in [5, 5.41) is 2.63. The largest absolute Gasteiger partial charge is 0.573 e. The summed E-state index contributed by atoms with van der Waals surface area (Å²) in [5.41, 5.74) is 5.96. The molecule has 1 unspecified atom stereocenters. The van der Waals surface area contributed by atoms with Crippen LogP contribution in [0.25, 0.3) is 0 Å². The zero-order valence-electron chi connectivity index (χ0n) is 11.2. The van der Waals surface area contributed by atoms with Crippen LogP contribution < -0.4 is 15.8 Å². The average molecular weight is 303 g/mol. The molecule has 3 N–H and O–H groups in total. The standard InChI is InChI=1S/C13H16F3N3O2/c14-13(15,16)21-11-3-1-10(2-4-11)18-12(20)19-6-5-9(7-17)8-19/h1-4,9H,5-8,17H2,(H,18,20). The van der Waals surface area contributed by atoms with E-state index in [1.807, 2.05) is 0 Å². The summed E-state index contributed by atoms with van der Waals surface area (Å²) in [7, 11) is 0. The Morgan fingerprint density at radius 3 is 2.57 bits per heavy atom. The van der Waals surface area contributed by atoms with Gasteiger partial charge in [-0.3, -0.25) is 0 Å². The summed E-state index contributed by atoms with van der Waals surface area (Å²) in [6, 6.07) is 4.73. The number of amides is 2. The molecule has 2 amide bonds. The second kappa shape index (κ2) is 6.21. The quantitative estimate of drug-likeness (QED) is 0.901. The van der Waals surface area contributed by atoms with E-state index in [-0.39, 0.29) is 11.8 Å². The van der Waals surface area contributed by atoms with E-state index in [1.165, 1.54) is 12.1 Å². The monoisotopic (exact) mass is 303 g/mol. The topological polar surface area (TPSA) is 67.6 Å². The van der Waals surface area contributed by atoms with E-state index in [1.54, 1.807) is 4.90 Å². The molecular formula is C13H16F3N3O2. The van der Waals surface area contributed by atoms with Crippen molar-refractivity contribution in [3.8, 4) is 5.75 Å². The molecule has 0 radical (unpaired) electrons. The van der Waals surface area contributed by atoms with Crippen molar-refractivity contribution in [1.29, 1.82) is 0 Å². The third-order valence-corrected chi connectivity index (χ3v) is 3.25. The smallest absolute Gasteiger partial charge is 0.406 e. The molecule has 0 saturated carbocycles. The lowest BCUT2D eigenvalue weighted by Crippen LogP contribution is -2.33. The number of hydrogen-bond donors (Lipinski definition) is 2. The van der Waals surface area contributed by atoms with Gasteiger partial charge >= 0.3 is 12.4 Å². The first kappa shape index (κ1) is 15.4. The fourth-order valence-electron chi connectivity index (χ4n) is 2.15. The van der Waals surface area contributed by atoms with Crippen LogP contribution in [0.15, 0.2) is 24.3 Å². The van der Waals surface area contributed by atoms with Crippen LogP contribution in [0.1, 0.15) is 6.42 Å². The molecule has 1 aromatic rings. The van der Waals surface area contributed by atoms with Gasteiger partial charge in [0.25, 0.3) is 0 Å². The van der Waals surface area contributed by atoms with Crippen molar-refractivity contribution < 1.29 is 22.7 Å². The first-order valence-electron chi connectivity index (χ1n) is 6.49. The van der Waals surface area contributed by atoms with E-state index in [9.17, 15) is 18.0 Å². The van der Waals surface area contributed by atoms with Gasteiger partial charge in [0.2, 0.25) is 0 Å². The summed E-state index contributed by atoms with van der Waals surface area (Å²) in [5.74, 6) is -0.0248. The van der Waals surface area contributed by atoms with Crippen LogP contribution in [0, 0.1) is 5.92 Å². The van der Waals surface area contributed by atoms with Crippen molar-refractivity contribution in [1.82, 2.24) is 4.90 Å². The van der Waals surface area contributed by atoms with Crippen LogP contribution in [0.4, 0.5) is 23.7 Å². The highest BCUT2D eigenvalue weighted by Gasteiger charge is 2.31. The second-order valence-electron chi connectivity index (χ2n) is 4.84. The molecule has 8 heteroatoms. The van der Waals surface area contributed by atoms with Crippen molar-refractivity contribution in [2.45, 2.75) is 12.8 Å². The lowest BCUT2D eigenvalue weighted by Gasteiger charge is -2.17. The van der Waals surface area contributed by atoms with Crippen molar-refractivity contribution in [3.05, 3.63) is 24.3 Å². The summed E-state index contributed by atoms with van der Waals surface area (Å²) in [6.45, 7) is 1.76. The van der Waals surface area contributed by atoms with Crippen molar-refractivity contribution in [2.24, 2.45) is 11.7 Å². The highest BCUT2D eigenvalue weighted by atomic mass is 19.4. The lowest BCUT2D eigenvalue weighted by atomic mass is 10.1. The van der Waals surface area contributed by atoms with Crippen LogP contribution in [-0.2, 0) is 0 Å². The first-order valence-corrected chi connectivity index (χ1v) is 6.49. The number of nitrogens with one attached hydrogen (secondary N) is 1. The number of anilines is 1. The van der Waals surface area contributed by atoms with Gasteiger partial charge in [-0.1, -0.05) is 0 Å². The number of ether oxygens (including phenoxy) is 1. The van der Waals surface area contributed by atoms with E-state index in [0.29, 0.717) is 31.2 Å². The minimum atomic E-state index is -4.72. The predicted octanol–water partition coefficient (Wildman–Crippen LogP) is 2.40. The normalized spacial score (nSPS) is 18.7. The van der Waals surface area contributed by atoms with Crippen LogP contribution >= 0.6 is 0 Å². The van der Waals surface area contributed by atoms with Gasteiger partial charge < -0.3 is 20.7 Å². The Morgan fingerprint density at radius 1 is 1.38 bits per heavy atom. The molecule has 21 heavy (non-hydrogen) atoms. The molecule has 1 aliphatic rings. The molecule has 1 aromatic carbocycles. The van der Waals surface area contributed by atoms with Crippen molar-refractivity contribution in [2.75, 3.05) is 25.0 Å². The molecule has 5 nitrogen and oxygen atoms in total. The second-order valence-corrected chi connectivity index (χ2v) is 4.84. The van der Waals surface area contributed by atoms with E-state index in [4.69, 9.17) is 5.73 Å². The summed E-state index contributed by atoms with van der Waals surface area (Å²) in [4.78, 5) is 13.6. The highest BCUT2D eigenvalue weighted by Crippen LogP contribution is 2.24. The minimum absolute atomic E-state index is 0.282. The number of benzene rings is 1. The van der Waals surface area contributed by atoms with Crippen molar-refractivity contribution >= 4 is 11.7 Å². The summed E-state index contributed by atoms with van der Waals surface area (Å²) in [6.07, 6.45) is -3.86. The summed E-state index contributed by atoms with van der Waals surface area (Å²) >= 11 is 0. The Balaban J connectivity index is 1.90. The molecule has 0 aromatic heterocycles. The van der Waals surface area contributed by atoms with Crippen LogP contribution in [0.3, 0.4) is 0 Å². The van der Waals surface area contributed by atoms with Gasteiger partial charge in [-0.15, -0.1) is 13.2 Å². The Morgan fingerprint density at radius 2 is 2.05 bits per heavy atom. The molecule has 2 rings (SSSR count). The third kappa shape index (κ3) is 4.52. The minimum Gasteiger partial charge on any atom is -0.406 e. The predicted molar refractivity (Wildman–Crippen MR) is 70.9 cm³/mol. The van der Waals surface area contributed by atoms with Crippen LogP contribution in [-0.4, -0.2) is 36.9 Å². The Labute approximate surface area is 119 Å². The molecule has 1 aliphatic heterocycles. The van der Waals surface area contributed by atoms with Gasteiger partial charge in [0, 0.05) is 18.8 Å². The number of urea groups is 1. The van der Waals surface area contributed by atoms with E-state index in [2.05, 4.69) is 10.1 Å². The number of hydrogen-bond acceptors (Lipinski definition) is 3. The molecule has 1 saturated heterocycles. The molecule has 116 valence electrons. The maximum absolute atomic E-state index is 12.0. The van der Waals surface area contributed by atoms with E-state index < -0.39 is 6.36 Å². The Bertz CT molecular complexity index is 490. The lowest BCUT2D eigenvalue weighted by molar-refractivity contribution is -0.274. The molecule has 1 atom stereocenters. The van der Waals surface area contributed by atoms with Gasteiger partial charge in [-0.25, -0.2) is 4.79 Å². The third-order valence-electron chi connectivity index (χ3n) is 3.25. The number of rotatable bonds is 3. The molecular weight excluding hydrogens is 287 g/mol. The zero-order chi connectivity index (χ0) is 15.5. The van der Waals surface area contributed by atoms with Gasteiger partial charge in [0.05, 0.1) is 0 Å². The zero-order valence-corrected chi connectivity index (χ0v) is 11.2. The molecule has 0 spiro atoms. The molecule has 1 fully saturated rings. The fraction of sp³-hybridized carbons (Fsp3) is 0.462. The maximum Gasteiger partial charge on any atom is 0.573 e.